The molecule has 0 aliphatic heterocycles. The zero-order valence-corrected chi connectivity index (χ0v) is 17.2. The number of nitrogens with zero attached hydrogens (tertiary/aromatic N) is 2. The standard InChI is InChI=1S/C22H21ClN2O4/c1-14-18(15(2)25(24-14)17-7-5-4-6-8-17)12-22(27)29-13-20(26)16-9-10-21(28-3)19(23)11-16/h4-11H,12-13H2,1-3H3. The summed E-state index contributed by atoms with van der Waals surface area (Å²) in [4.78, 5) is 24.6. The summed E-state index contributed by atoms with van der Waals surface area (Å²) in [6, 6.07) is 14.4. The van der Waals surface area contributed by atoms with Crippen LogP contribution < -0.4 is 4.74 Å². The van der Waals surface area contributed by atoms with E-state index in [1.54, 1.807) is 16.8 Å². The Kier molecular flexibility index (Phi) is 6.34. The largest absolute Gasteiger partial charge is 0.495 e. The Balaban J connectivity index is 1.65. The molecular formula is C22H21ClN2O4. The maximum atomic E-state index is 12.3. The summed E-state index contributed by atoms with van der Waals surface area (Å²) in [5, 5.41) is 4.84. The van der Waals surface area contributed by atoms with Gasteiger partial charge in [0.05, 0.1) is 29.9 Å². The summed E-state index contributed by atoms with van der Waals surface area (Å²) in [5.41, 5.74) is 3.67. The molecule has 0 saturated carbocycles. The van der Waals surface area contributed by atoms with E-state index in [0.717, 1.165) is 22.6 Å². The number of aryl methyl sites for hydroxylation is 1. The third-order valence-electron chi connectivity index (χ3n) is 4.60. The van der Waals surface area contributed by atoms with Crippen molar-refractivity contribution in [2.45, 2.75) is 20.3 Å². The highest BCUT2D eigenvalue weighted by Crippen LogP contribution is 2.25. The van der Waals surface area contributed by atoms with Crippen LogP contribution in [0.3, 0.4) is 0 Å². The van der Waals surface area contributed by atoms with E-state index in [1.807, 2.05) is 44.2 Å². The zero-order valence-electron chi connectivity index (χ0n) is 16.4. The van der Waals surface area contributed by atoms with Crippen molar-refractivity contribution in [2.75, 3.05) is 13.7 Å². The lowest BCUT2D eigenvalue weighted by molar-refractivity contribution is -0.141. The number of hydrogen-bond acceptors (Lipinski definition) is 5. The van der Waals surface area contributed by atoms with Crippen LogP contribution in [0.1, 0.15) is 27.3 Å². The van der Waals surface area contributed by atoms with E-state index in [9.17, 15) is 9.59 Å². The molecule has 0 aliphatic carbocycles. The fourth-order valence-corrected chi connectivity index (χ4v) is 3.27. The Bertz CT molecular complexity index is 1040. The van der Waals surface area contributed by atoms with E-state index in [1.165, 1.54) is 13.2 Å². The number of ketones is 1. The Hall–Kier alpha value is -3.12. The maximum absolute atomic E-state index is 12.3. The number of carbonyl (C=O) groups excluding carboxylic acids is 2. The highest BCUT2D eigenvalue weighted by molar-refractivity contribution is 6.32. The molecule has 0 atom stereocenters. The van der Waals surface area contributed by atoms with Crippen LogP contribution in [0, 0.1) is 13.8 Å². The van der Waals surface area contributed by atoms with E-state index in [-0.39, 0.29) is 18.8 Å². The minimum atomic E-state index is -0.489. The number of aromatic nitrogens is 2. The van der Waals surface area contributed by atoms with Crippen molar-refractivity contribution in [3.05, 3.63) is 76.1 Å². The van der Waals surface area contributed by atoms with Crippen LogP contribution in [0.4, 0.5) is 0 Å². The number of methoxy groups -OCH3 is 1. The normalized spacial score (nSPS) is 10.6. The van der Waals surface area contributed by atoms with E-state index >= 15 is 0 Å². The van der Waals surface area contributed by atoms with Crippen molar-refractivity contribution in [1.29, 1.82) is 0 Å². The Morgan fingerprint density at radius 2 is 1.83 bits per heavy atom. The fraction of sp³-hybridized carbons (Fsp3) is 0.227. The fourth-order valence-electron chi connectivity index (χ4n) is 3.02. The first-order valence-corrected chi connectivity index (χ1v) is 9.41. The summed E-state index contributed by atoms with van der Waals surface area (Å²) in [7, 11) is 1.49. The van der Waals surface area contributed by atoms with E-state index in [0.29, 0.717) is 16.3 Å². The van der Waals surface area contributed by atoms with Gasteiger partial charge in [-0.15, -0.1) is 0 Å². The molecule has 29 heavy (non-hydrogen) atoms. The second-order valence-corrected chi connectivity index (χ2v) is 6.91. The highest BCUT2D eigenvalue weighted by atomic mass is 35.5. The number of ether oxygens (including phenoxy) is 2. The summed E-state index contributed by atoms with van der Waals surface area (Å²) in [5.74, 6) is -0.352. The molecule has 0 radical (unpaired) electrons. The first-order valence-electron chi connectivity index (χ1n) is 9.03. The number of Topliss-reactive ketones (excluding diaryl/α,β-unsaturated/α-hetero) is 1. The first-order chi connectivity index (χ1) is 13.9. The van der Waals surface area contributed by atoms with Gasteiger partial charge in [-0.3, -0.25) is 9.59 Å². The van der Waals surface area contributed by atoms with Crippen molar-refractivity contribution in [1.82, 2.24) is 9.78 Å². The lowest BCUT2D eigenvalue weighted by Crippen LogP contribution is -2.16. The second kappa shape index (κ2) is 8.92. The van der Waals surface area contributed by atoms with Crippen LogP contribution in [0.25, 0.3) is 5.69 Å². The summed E-state index contributed by atoms with van der Waals surface area (Å²) >= 11 is 6.04. The molecule has 150 valence electrons. The molecule has 1 aromatic heterocycles. The SMILES string of the molecule is COc1ccc(C(=O)COC(=O)Cc2c(C)nn(-c3ccccc3)c2C)cc1Cl. The third-order valence-corrected chi connectivity index (χ3v) is 4.90. The van der Waals surface area contributed by atoms with Crippen molar-refractivity contribution in [3.8, 4) is 11.4 Å². The van der Waals surface area contributed by atoms with Gasteiger partial charge in [-0.25, -0.2) is 4.68 Å². The third kappa shape index (κ3) is 4.66. The molecule has 0 N–H and O–H groups in total. The molecule has 2 aromatic carbocycles. The molecule has 0 fully saturated rings. The molecule has 0 aliphatic rings. The van der Waals surface area contributed by atoms with Crippen LogP contribution >= 0.6 is 11.6 Å². The second-order valence-electron chi connectivity index (χ2n) is 6.51. The van der Waals surface area contributed by atoms with E-state index < -0.39 is 5.97 Å². The summed E-state index contributed by atoms with van der Waals surface area (Å²) < 4.78 is 12.0. The van der Waals surface area contributed by atoms with Crippen LogP contribution in [-0.4, -0.2) is 35.2 Å². The average Bonchev–Trinajstić information content (AvgIpc) is 3.00. The predicted molar refractivity (Wildman–Crippen MR) is 110 cm³/mol. The average molecular weight is 413 g/mol. The minimum absolute atomic E-state index is 0.0428. The van der Waals surface area contributed by atoms with Crippen molar-refractivity contribution in [2.24, 2.45) is 0 Å². The van der Waals surface area contributed by atoms with E-state index in [4.69, 9.17) is 21.1 Å². The molecule has 3 aromatic rings. The number of carbonyl (C=O) groups is 2. The van der Waals surface area contributed by atoms with Gasteiger partial charge in [0, 0.05) is 16.8 Å². The van der Waals surface area contributed by atoms with Gasteiger partial charge in [-0.1, -0.05) is 29.8 Å². The molecule has 0 saturated heterocycles. The number of benzene rings is 2. The highest BCUT2D eigenvalue weighted by Gasteiger charge is 2.18. The maximum Gasteiger partial charge on any atom is 0.310 e. The van der Waals surface area contributed by atoms with Crippen LogP contribution in [0.5, 0.6) is 5.75 Å². The lowest BCUT2D eigenvalue weighted by atomic mass is 10.1. The number of esters is 1. The predicted octanol–water partition coefficient (Wildman–Crippen LogP) is 4.12. The van der Waals surface area contributed by atoms with Gasteiger partial charge >= 0.3 is 5.97 Å². The number of para-hydroxylation sites is 1. The monoisotopic (exact) mass is 412 g/mol. The molecule has 6 nitrogen and oxygen atoms in total. The molecule has 0 spiro atoms. The lowest BCUT2D eigenvalue weighted by Gasteiger charge is -2.07. The van der Waals surface area contributed by atoms with Gasteiger partial charge < -0.3 is 9.47 Å². The van der Waals surface area contributed by atoms with Gasteiger partial charge in [-0.05, 0) is 44.2 Å². The molecular weight excluding hydrogens is 392 g/mol. The van der Waals surface area contributed by atoms with Crippen molar-refractivity contribution < 1.29 is 19.1 Å². The van der Waals surface area contributed by atoms with Gasteiger partial charge in [0.2, 0.25) is 0 Å². The van der Waals surface area contributed by atoms with Crippen molar-refractivity contribution in [3.63, 3.8) is 0 Å². The minimum Gasteiger partial charge on any atom is -0.495 e. The van der Waals surface area contributed by atoms with E-state index in [2.05, 4.69) is 5.10 Å². The summed E-state index contributed by atoms with van der Waals surface area (Å²) in [6.07, 6.45) is 0.0428. The molecule has 0 amide bonds. The smallest absolute Gasteiger partial charge is 0.310 e. The Morgan fingerprint density at radius 1 is 1.10 bits per heavy atom. The van der Waals surface area contributed by atoms with Gasteiger partial charge in [0.15, 0.2) is 12.4 Å². The number of rotatable bonds is 7. The van der Waals surface area contributed by atoms with Crippen molar-refractivity contribution >= 4 is 23.4 Å². The Morgan fingerprint density at radius 3 is 2.48 bits per heavy atom. The Labute approximate surface area is 174 Å². The topological polar surface area (TPSA) is 70.4 Å². The molecule has 0 unspecified atom stereocenters. The van der Waals surface area contributed by atoms with Gasteiger partial charge in [0.25, 0.3) is 0 Å². The van der Waals surface area contributed by atoms with Crippen LogP contribution in [0.15, 0.2) is 48.5 Å². The molecule has 0 bridgehead atoms. The quantitative estimate of drug-likeness (QED) is 0.431. The molecule has 1 heterocycles. The molecule has 7 heteroatoms. The van der Waals surface area contributed by atoms with Crippen LogP contribution in [-0.2, 0) is 16.0 Å². The van der Waals surface area contributed by atoms with Gasteiger partial charge in [-0.2, -0.15) is 5.10 Å². The van der Waals surface area contributed by atoms with Crippen LogP contribution in [0.2, 0.25) is 5.02 Å². The summed E-state index contributed by atoms with van der Waals surface area (Å²) in [6.45, 7) is 3.39. The first kappa shape index (κ1) is 20.6. The number of halogens is 1. The number of hydrogen-bond donors (Lipinski definition) is 0. The van der Waals surface area contributed by atoms with Gasteiger partial charge in [0.1, 0.15) is 5.75 Å². The zero-order chi connectivity index (χ0) is 21.0. The molecule has 3 rings (SSSR count).